The Kier molecular flexibility index (Phi) is 4.65. The van der Waals surface area contributed by atoms with Crippen LogP contribution >= 0.6 is 0 Å². The lowest BCUT2D eigenvalue weighted by Gasteiger charge is -2.32. The summed E-state index contributed by atoms with van der Waals surface area (Å²) in [6.45, 7) is 0.971. The van der Waals surface area contributed by atoms with Crippen molar-refractivity contribution in [1.82, 2.24) is 14.8 Å². The first kappa shape index (κ1) is 19.0. The van der Waals surface area contributed by atoms with Crippen LogP contribution in [-0.4, -0.2) is 45.1 Å². The molecule has 2 bridgehead atoms. The summed E-state index contributed by atoms with van der Waals surface area (Å²) in [5.74, 6) is 0.0776. The van der Waals surface area contributed by atoms with E-state index in [4.69, 9.17) is 0 Å². The molecule has 5 rings (SSSR count). The second kappa shape index (κ2) is 7.35. The highest BCUT2D eigenvalue weighted by Crippen LogP contribution is 2.43. The van der Waals surface area contributed by atoms with E-state index in [1.54, 1.807) is 18.5 Å². The molecule has 0 N–H and O–H groups in total. The van der Waals surface area contributed by atoms with Crippen molar-refractivity contribution in [2.75, 3.05) is 6.54 Å². The van der Waals surface area contributed by atoms with Crippen LogP contribution < -0.4 is 0 Å². The Labute approximate surface area is 175 Å². The maximum absolute atomic E-state index is 13.7. The lowest BCUT2D eigenvalue weighted by atomic mass is 9.75. The highest BCUT2D eigenvalue weighted by atomic mass is 16.2. The van der Waals surface area contributed by atoms with Crippen LogP contribution in [0.3, 0.4) is 0 Å². The number of likely N-dealkylation sites (tertiary alicyclic amines) is 2. The minimum Gasteiger partial charge on any atom is -0.339 e. The number of aromatic nitrogens is 1. The van der Waals surface area contributed by atoms with Crippen molar-refractivity contribution in [3.05, 3.63) is 66.0 Å². The predicted molar refractivity (Wildman–Crippen MR) is 110 cm³/mol. The molecular formula is C24H25N3O3. The fraction of sp³-hybridized carbons (Fsp3) is 0.417. The van der Waals surface area contributed by atoms with Gasteiger partial charge in [0.2, 0.25) is 17.7 Å². The Balaban J connectivity index is 1.46. The zero-order valence-electron chi connectivity index (χ0n) is 16.9. The molecule has 0 spiro atoms. The number of rotatable bonds is 5. The van der Waals surface area contributed by atoms with E-state index in [0.717, 1.165) is 30.5 Å². The standard InChI is InChI=1S/C24H25N3O3/c28-21(26-15-17-8-9-20(26)11-17)12-24(19-6-2-1-3-7-19)13-22(29)27(23(24)30)16-18-5-4-10-25-14-18/h1-7,10,14,17,20H,8-9,11-13,15-16H2. The minimum absolute atomic E-state index is 0.00423. The number of carbonyl (C=O) groups is 3. The summed E-state index contributed by atoms with van der Waals surface area (Å²) in [4.78, 5) is 47.3. The molecule has 3 atom stereocenters. The first-order valence-electron chi connectivity index (χ1n) is 10.7. The monoisotopic (exact) mass is 403 g/mol. The van der Waals surface area contributed by atoms with Crippen LogP contribution in [0.2, 0.25) is 0 Å². The number of hydrogen-bond donors (Lipinski definition) is 0. The van der Waals surface area contributed by atoms with Crippen molar-refractivity contribution in [3.63, 3.8) is 0 Å². The van der Waals surface area contributed by atoms with Gasteiger partial charge in [-0.15, -0.1) is 0 Å². The normalized spacial score (nSPS) is 27.9. The Hall–Kier alpha value is -3.02. The molecule has 3 unspecified atom stereocenters. The van der Waals surface area contributed by atoms with Gasteiger partial charge < -0.3 is 4.90 Å². The van der Waals surface area contributed by atoms with Crippen LogP contribution in [0.15, 0.2) is 54.9 Å². The van der Waals surface area contributed by atoms with Crippen LogP contribution in [0.1, 0.15) is 43.2 Å². The first-order chi connectivity index (χ1) is 14.6. The van der Waals surface area contributed by atoms with Crippen LogP contribution in [0.25, 0.3) is 0 Å². The maximum atomic E-state index is 13.7. The van der Waals surface area contributed by atoms with Crippen molar-refractivity contribution in [3.8, 4) is 0 Å². The molecule has 3 amide bonds. The molecule has 1 saturated carbocycles. The zero-order valence-corrected chi connectivity index (χ0v) is 16.9. The molecule has 2 aliphatic heterocycles. The highest BCUT2D eigenvalue weighted by Gasteiger charge is 2.55. The van der Waals surface area contributed by atoms with Gasteiger partial charge in [0.05, 0.1) is 12.0 Å². The Morgan fingerprint density at radius 3 is 2.60 bits per heavy atom. The van der Waals surface area contributed by atoms with Crippen molar-refractivity contribution in [2.45, 2.75) is 50.1 Å². The van der Waals surface area contributed by atoms with Gasteiger partial charge in [0.15, 0.2) is 0 Å². The van der Waals surface area contributed by atoms with E-state index < -0.39 is 5.41 Å². The van der Waals surface area contributed by atoms with E-state index in [2.05, 4.69) is 4.98 Å². The van der Waals surface area contributed by atoms with Crippen LogP contribution in [0, 0.1) is 5.92 Å². The number of hydrogen-bond acceptors (Lipinski definition) is 4. The van der Waals surface area contributed by atoms with Gasteiger partial charge in [-0.05, 0) is 42.4 Å². The van der Waals surface area contributed by atoms with Crippen molar-refractivity contribution in [1.29, 1.82) is 0 Å². The Morgan fingerprint density at radius 2 is 1.93 bits per heavy atom. The van der Waals surface area contributed by atoms with Gasteiger partial charge in [-0.25, -0.2) is 0 Å². The molecule has 1 aromatic carbocycles. The predicted octanol–water partition coefficient (Wildman–Crippen LogP) is 2.68. The molecule has 3 heterocycles. The number of nitrogens with zero attached hydrogens (tertiary/aromatic N) is 3. The zero-order chi connectivity index (χ0) is 20.7. The van der Waals surface area contributed by atoms with E-state index in [9.17, 15) is 14.4 Å². The Bertz CT molecular complexity index is 978. The van der Waals surface area contributed by atoms with Crippen LogP contribution in [0.4, 0.5) is 0 Å². The molecule has 3 fully saturated rings. The first-order valence-corrected chi connectivity index (χ1v) is 10.7. The number of carbonyl (C=O) groups excluding carboxylic acids is 3. The summed E-state index contributed by atoms with van der Waals surface area (Å²) in [5, 5.41) is 0. The third-order valence-electron chi connectivity index (χ3n) is 6.98. The summed E-state index contributed by atoms with van der Waals surface area (Å²) in [5.41, 5.74) is 0.417. The largest absolute Gasteiger partial charge is 0.339 e. The SMILES string of the molecule is O=C1CC(CC(=O)N2CC3CCC2C3)(c2ccccc2)C(=O)N1Cc1cccnc1. The van der Waals surface area contributed by atoms with Gasteiger partial charge >= 0.3 is 0 Å². The van der Waals surface area contributed by atoms with Crippen molar-refractivity contribution in [2.24, 2.45) is 5.92 Å². The second-order valence-electron chi connectivity index (χ2n) is 8.83. The lowest BCUT2D eigenvalue weighted by molar-refractivity contribution is -0.143. The topological polar surface area (TPSA) is 70.6 Å². The van der Waals surface area contributed by atoms with Gasteiger partial charge in [-0.1, -0.05) is 36.4 Å². The van der Waals surface area contributed by atoms with Crippen molar-refractivity contribution >= 4 is 17.7 Å². The van der Waals surface area contributed by atoms with Gasteiger partial charge in [0, 0.05) is 37.8 Å². The molecule has 3 aliphatic rings. The maximum Gasteiger partial charge on any atom is 0.241 e. The minimum atomic E-state index is -1.13. The fourth-order valence-corrected chi connectivity index (χ4v) is 5.45. The quantitative estimate of drug-likeness (QED) is 0.720. The third-order valence-corrected chi connectivity index (χ3v) is 6.98. The van der Waals surface area contributed by atoms with Gasteiger partial charge in [-0.2, -0.15) is 0 Å². The molecule has 6 nitrogen and oxygen atoms in total. The molecule has 30 heavy (non-hydrogen) atoms. The lowest BCUT2D eigenvalue weighted by Crippen LogP contribution is -2.45. The van der Waals surface area contributed by atoms with Crippen molar-refractivity contribution < 1.29 is 14.4 Å². The molecule has 154 valence electrons. The number of imide groups is 1. The number of fused-ring (bicyclic) bond motifs is 2. The molecular weight excluding hydrogens is 378 g/mol. The third kappa shape index (κ3) is 3.11. The van der Waals surface area contributed by atoms with Gasteiger partial charge in [-0.3, -0.25) is 24.3 Å². The molecule has 6 heteroatoms. The molecule has 2 saturated heterocycles. The summed E-state index contributed by atoms with van der Waals surface area (Å²) >= 11 is 0. The summed E-state index contributed by atoms with van der Waals surface area (Å²) in [6, 6.07) is 13.3. The van der Waals surface area contributed by atoms with Crippen LogP contribution in [0.5, 0.6) is 0 Å². The average molecular weight is 403 g/mol. The van der Waals surface area contributed by atoms with E-state index in [1.165, 1.54) is 11.3 Å². The number of benzene rings is 1. The second-order valence-corrected chi connectivity index (χ2v) is 8.83. The molecule has 2 aromatic rings. The van der Waals surface area contributed by atoms with Crippen LogP contribution in [-0.2, 0) is 26.3 Å². The number of piperidine rings is 1. The fourth-order valence-electron chi connectivity index (χ4n) is 5.45. The molecule has 0 radical (unpaired) electrons. The average Bonchev–Trinajstić information content (AvgIpc) is 3.46. The summed E-state index contributed by atoms with van der Waals surface area (Å²) in [7, 11) is 0. The summed E-state index contributed by atoms with van der Waals surface area (Å²) in [6.07, 6.45) is 6.72. The smallest absolute Gasteiger partial charge is 0.241 e. The van der Waals surface area contributed by atoms with E-state index in [0.29, 0.717) is 12.0 Å². The van der Waals surface area contributed by atoms with E-state index in [1.807, 2.05) is 41.3 Å². The molecule has 1 aromatic heterocycles. The molecule has 1 aliphatic carbocycles. The number of pyridine rings is 1. The van der Waals surface area contributed by atoms with E-state index in [-0.39, 0.29) is 37.1 Å². The highest BCUT2D eigenvalue weighted by molar-refractivity contribution is 6.10. The van der Waals surface area contributed by atoms with E-state index >= 15 is 0 Å². The summed E-state index contributed by atoms with van der Waals surface area (Å²) < 4.78 is 0. The number of amides is 3. The van der Waals surface area contributed by atoms with Gasteiger partial charge in [0.1, 0.15) is 0 Å². The Morgan fingerprint density at radius 1 is 1.10 bits per heavy atom. The van der Waals surface area contributed by atoms with Gasteiger partial charge in [0.25, 0.3) is 0 Å².